The van der Waals surface area contributed by atoms with Crippen molar-refractivity contribution in [2.45, 2.75) is 38.5 Å². The van der Waals surface area contributed by atoms with Crippen LogP contribution >= 0.6 is 11.8 Å². The number of carbonyl (C=O) groups is 1. The lowest BCUT2D eigenvalue weighted by Gasteiger charge is -2.17. The van der Waals surface area contributed by atoms with Crippen LogP contribution in [0.15, 0.2) is 29.2 Å². The lowest BCUT2D eigenvalue weighted by Crippen LogP contribution is -2.23. The summed E-state index contributed by atoms with van der Waals surface area (Å²) in [5.74, 6) is 1.89. The summed E-state index contributed by atoms with van der Waals surface area (Å²) < 4.78 is 0. The Morgan fingerprint density at radius 1 is 1.35 bits per heavy atom. The minimum absolute atomic E-state index is 0.0604. The number of amides is 1. The summed E-state index contributed by atoms with van der Waals surface area (Å²) in [5.41, 5.74) is 6.66. The summed E-state index contributed by atoms with van der Waals surface area (Å²) in [7, 11) is 0. The molecule has 112 valence electrons. The van der Waals surface area contributed by atoms with E-state index >= 15 is 0 Å². The molecular weight excluding hydrogens is 268 g/mol. The zero-order chi connectivity index (χ0) is 15.0. The molecule has 1 aromatic rings. The number of hydrogen-bond acceptors (Lipinski definition) is 3. The highest BCUT2D eigenvalue weighted by molar-refractivity contribution is 7.99. The van der Waals surface area contributed by atoms with E-state index in [1.807, 2.05) is 24.3 Å². The number of thioether (sulfide) groups is 1. The molecule has 0 saturated heterocycles. The van der Waals surface area contributed by atoms with E-state index in [2.05, 4.69) is 26.1 Å². The van der Waals surface area contributed by atoms with Gasteiger partial charge in [0.05, 0.1) is 5.69 Å². The maximum Gasteiger partial charge on any atom is 0.224 e. The minimum atomic E-state index is 0.0604. The molecule has 1 aromatic carbocycles. The molecule has 0 unspecified atom stereocenters. The maximum absolute atomic E-state index is 12.1. The molecule has 3 N–H and O–H groups in total. The van der Waals surface area contributed by atoms with Crippen LogP contribution in [0, 0.1) is 11.8 Å². The van der Waals surface area contributed by atoms with E-state index in [-0.39, 0.29) is 11.8 Å². The highest BCUT2D eigenvalue weighted by atomic mass is 32.2. The third-order valence-electron chi connectivity index (χ3n) is 3.07. The largest absolute Gasteiger partial charge is 0.330 e. The molecular formula is C16H26N2OS. The molecule has 0 radical (unpaired) electrons. The van der Waals surface area contributed by atoms with Crippen molar-refractivity contribution in [1.82, 2.24) is 0 Å². The molecule has 0 fully saturated rings. The van der Waals surface area contributed by atoms with Crippen LogP contribution < -0.4 is 11.1 Å². The van der Waals surface area contributed by atoms with E-state index in [0.29, 0.717) is 18.9 Å². The summed E-state index contributed by atoms with van der Waals surface area (Å²) >= 11 is 1.74. The van der Waals surface area contributed by atoms with Crippen molar-refractivity contribution >= 4 is 23.4 Å². The molecule has 0 aliphatic heterocycles. The first-order chi connectivity index (χ1) is 9.56. The normalized spacial score (nSPS) is 12.4. The van der Waals surface area contributed by atoms with E-state index in [1.165, 1.54) is 0 Å². The molecule has 0 heterocycles. The SMILES string of the molecule is CCSc1ccccc1NC(=O)C[C@@H](CN)CC(C)C. The first-order valence-electron chi connectivity index (χ1n) is 7.28. The average Bonchev–Trinajstić information content (AvgIpc) is 2.40. The third kappa shape index (κ3) is 5.97. The molecule has 1 amide bonds. The van der Waals surface area contributed by atoms with Crippen molar-refractivity contribution in [3.63, 3.8) is 0 Å². The second kappa shape index (κ2) is 9.03. The highest BCUT2D eigenvalue weighted by Crippen LogP contribution is 2.27. The number of nitrogens with one attached hydrogen (secondary N) is 1. The molecule has 20 heavy (non-hydrogen) atoms. The summed E-state index contributed by atoms with van der Waals surface area (Å²) in [4.78, 5) is 13.3. The van der Waals surface area contributed by atoms with Crippen molar-refractivity contribution in [2.75, 3.05) is 17.6 Å². The molecule has 0 bridgehead atoms. The quantitative estimate of drug-likeness (QED) is 0.718. The van der Waals surface area contributed by atoms with Gasteiger partial charge in [-0.3, -0.25) is 4.79 Å². The van der Waals surface area contributed by atoms with Gasteiger partial charge in [0, 0.05) is 11.3 Å². The molecule has 0 aliphatic rings. The van der Waals surface area contributed by atoms with E-state index in [0.717, 1.165) is 22.8 Å². The number of rotatable bonds is 8. The van der Waals surface area contributed by atoms with Crippen molar-refractivity contribution < 1.29 is 4.79 Å². The van der Waals surface area contributed by atoms with Gasteiger partial charge >= 0.3 is 0 Å². The zero-order valence-electron chi connectivity index (χ0n) is 12.7. The Balaban J connectivity index is 2.61. The lowest BCUT2D eigenvalue weighted by molar-refractivity contribution is -0.117. The van der Waals surface area contributed by atoms with Gasteiger partial charge in [-0.15, -0.1) is 11.8 Å². The molecule has 1 rings (SSSR count). The molecule has 0 aliphatic carbocycles. The van der Waals surface area contributed by atoms with Crippen LogP contribution in [-0.4, -0.2) is 18.2 Å². The van der Waals surface area contributed by atoms with Gasteiger partial charge in [-0.2, -0.15) is 0 Å². The van der Waals surface area contributed by atoms with Gasteiger partial charge in [0.2, 0.25) is 5.91 Å². The Morgan fingerprint density at radius 3 is 2.65 bits per heavy atom. The van der Waals surface area contributed by atoms with Gasteiger partial charge in [0.25, 0.3) is 0 Å². The Bertz CT molecular complexity index is 421. The summed E-state index contributed by atoms with van der Waals surface area (Å²) in [6, 6.07) is 7.94. The second-order valence-corrected chi connectivity index (χ2v) is 6.72. The Labute approximate surface area is 126 Å². The summed E-state index contributed by atoms with van der Waals surface area (Å²) in [6.07, 6.45) is 1.50. The molecule has 3 nitrogen and oxygen atoms in total. The molecule has 4 heteroatoms. The van der Waals surface area contributed by atoms with Crippen LogP contribution in [-0.2, 0) is 4.79 Å². The van der Waals surface area contributed by atoms with Gasteiger partial charge in [0.15, 0.2) is 0 Å². The number of carbonyl (C=O) groups excluding carboxylic acids is 1. The fourth-order valence-electron chi connectivity index (χ4n) is 2.24. The smallest absolute Gasteiger partial charge is 0.224 e. The van der Waals surface area contributed by atoms with E-state index in [4.69, 9.17) is 5.73 Å². The fraction of sp³-hybridized carbons (Fsp3) is 0.562. The average molecular weight is 294 g/mol. The predicted molar refractivity (Wildman–Crippen MR) is 88.1 cm³/mol. The van der Waals surface area contributed by atoms with Gasteiger partial charge in [-0.25, -0.2) is 0 Å². The van der Waals surface area contributed by atoms with Gasteiger partial charge in [-0.1, -0.05) is 32.9 Å². The number of anilines is 1. The van der Waals surface area contributed by atoms with E-state index in [1.54, 1.807) is 11.8 Å². The van der Waals surface area contributed by atoms with Crippen LogP contribution in [0.2, 0.25) is 0 Å². The Morgan fingerprint density at radius 2 is 2.05 bits per heavy atom. The second-order valence-electron chi connectivity index (χ2n) is 5.41. The fourth-order valence-corrected chi connectivity index (χ4v) is 3.00. The van der Waals surface area contributed by atoms with Crippen LogP contribution in [0.25, 0.3) is 0 Å². The topological polar surface area (TPSA) is 55.1 Å². The number of para-hydroxylation sites is 1. The Kier molecular flexibility index (Phi) is 7.70. The molecule has 1 atom stereocenters. The van der Waals surface area contributed by atoms with E-state index < -0.39 is 0 Å². The van der Waals surface area contributed by atoms with Crippen molar-refractivity contribution in [2.24, 2.45) is 17.6 Å². The lowest BCUT2D eigenvalue weighted by atomic mass is 9.94. The van der Waals surface area contributed by atoms with Crippen LogP contribution in [0.3, 0.4) is 0 Å². The molecule has 0 spiro atoms. The van der Waals surface area contributed by atoms with Crippen molar-refractivity contribution in [1.29, 1.82) is 0 Å². The minimum Gasteiger partial charge on any atom is -0.330 e. The van der Waals surface area contributed by atoms with E-state index in [9.17, 15) is 4.79 Å². The first-order valence-corrected chi connectivity index (χ1v) is 8.27. The van der Waals surface area contributed by atoms with Crippen LogP contribution in [0.4, 0.5) is 5.69 Å². The molecule has 0 aromatic heterocycles. The van der Waals surface area contributed by atoms with Gasteiger partial charge in [0.1, 0.15) is 0 Å². The van der Waals surface area contributed by atoms with Gasteiger partial charge in [-0.05, 0) is 42.7 Å². The Hall–Kier alpha value is -1.00. The third-order valence-corrected chi connectivity index (χ3v) is 4.03. The summed E-state index contributed by atoms with van der Waals surface area (Å²) in [5, 5.41) is 3.02. The first kappa shape index (κ1) is 17.1. The van der Waals surface area contributed by atoms with Crippen LogP contribution in [0.1, 0.15) is 33.6 Å². The number of nitrogens with two attached hydrogens (primary N) is 1. The monoisotopic (exact) mass is 294 g/mol. The zero-order valence-corrected chi connectivity index (χ0v) is 13.5. The highest BCUT2D eigenvalue weighted by Gasteiger charge is 2.15. The van der Waals surface area contributed by atoms with Gasteiger partial charge < -0.3 is 11.1 Å². The number of benzene rings is 1. The standard InChI is InChI=1S/C16H26N2OS/c1-4-20-15-8-6-5-7-14(15)18-16(19)10-13(11-17)9-12(2)3/h5-8,12-13H,4,9-11,17H2,1-3H3,(H,18,19)/t13-/m0/s1. The maximum atomic E-state index is 12.1. The summed E-state index contributed by atoms with van der Waals surface area (Å²) in [6.45, 7) is 6.99. The predicted octanol–water partition coefficient (Wildman–Crippen LogP) is 3.75. The molecule has 0 saturated carbocycles. The number of hydrogen-bond donors (Lipinski definition) is 2. The van der Waals surface area contributed by atoms with Crippen LogP contribution in [0.5, 0.6) is 0 Å². The van der Waals surface area contributed by atoms with Crippen molar-refractivity contribution in [3.05, 3.63) is 24.3 Å². The van der Waals surface area contributed by atoms with Crippen molar-refractivity contribution in [3.8, 4) is 0 Å².